The van der Waals surface area contributed by atoms with E-state index in [9.17, 15) is 13.2 Å². The van der Waals surface area contributed by atoms with Crippen molar-refractivity contribution in [2.75, 3.05) is 33.3 Å². The first kappa shape index (κ1) is 19.7. The van der Waals surface area contributed by atoms with E-state index in [1.54, 1.807) is 16.3 Å². The molecule has 3 atom stereocenters. The summed E-state index contributed by atoms with van der Waals surface area (Å²) in [5.41, 5.74) is 0.274. The smallest absolute Gasteiger partial charge is 0.225 e. The van der Waals surface area contributed by atoms with Crippen LogP contribution in [-0.4, -0.2) is 73.8 Å². The van der Waals surface area contributed by atoms with E-state index in [0.717, 1.165) is 11.3 Å². The molecule has 3 heterocycles. The van der Waals surface area contributed by atoms with Gasteiger partial charge in [-0.2, -0.15) is 4.31 Å². The quantitative estimate of drug-likeness (QED) is 0.734. The zero-order chi connectivity index (χ0) is 20.1. The van der Waals surface area contributed by atoms with Crippen LogP contribution < -0.4 is 4.74 Å². The molecule has 2 bridgehead atoms. The Kier molecular flexibility index (Phi) is 4.92. The number of rotatable bonds is 5. The minimum absolute atomic E-state index is 0.0717. The Hall–Kier alpha value is -1.64. The highest BCUT2D eigenvalue weighted by molar-refractivity contribution is 7.90. The van der Waals surface area contributed by atoms with Crippen molar-refractivity contribution in [1.29, 1.82) is 0 Å². The zero-order valence-corrected chi connectivity index (χ0v) is 17.4. The lowest BCUT2D eigenvalue weighted by Crippen LogP contribution is -2.57. The first-order valence-electron chi connectivity index (χ1n) is 9.84. The van der Waals surface area contributed by atoms with Crippen molar-refractivity contribution in [3.05, 3.63) is 29.8 Å². The number of fused-ring (bicyclic) bond motifs is 1. The number of ether oxygens (including phenoxy) is 2. The molecule has 3 aliphatic rings. The zero-order valence-electron chi connectivity index (χ0n) is 16.6. The molecule has 1 aromatic carbocycles. The van der Waals surface area contributed by atoms with E-state index in [-0.39, 0.29) is 17.9 Å². The van der Waals surface area contributed by atoms with Crippen LogP contribution in [0.2, 0.25) is 0 Å². The van der Waals surface area contributed by atoms with Gasteiger partial charge < -0.3 is 14.4 Å². The first-order valence-corrected chi connectivity index (χ1v) is 11.3. The van der Waals surface area contributed by atoms with Gasteiger partial charge >= 0.3 is 0 Å². The summed E-state index contributed by atoms with van der Waals surface area (Å²) in [4.78, 5) is 14.3. The number of sulfonamides is 1. The number of carbonyl (C=O) groups excluding carboxylic acids is 1. The molecule has 4 rings (SSSR count). The molecule has 3 fully saturated rings. The maximum absolute atomic E-state index is 13.2. The van der Waals surface area contributed by atoms with Gasteiger partial charge in [0.1, 0.15) is 16.6 Å². The van der Waals surface area contributed by atoms with Crippen molar-refractivity contribution in [1.82, 2.24) is 9.21 Å². The fraction of sp³-hybridized carbons (Fsp3) is 0.650. The summed E-state index contributed by atoms with van der Waals surface area (Å²) in [6.07, 6.45) is 0.924. The number of carbonyl (C=O) groups is 1. The Labute approximate surface area is 166 Å². The van der Waals surface area contributed by atoms with Crippen LogP contribution in [-0.2, 0) is 26.0 Å². The highest BCUT2D eigenvalue weighted by Crippen LogP contribution is 2.46. The van der Waals surface area contributed by atoms with Crippen molar-refractivity contribution in [3.8, 4) is 5.75 Å². The summed E-state index contributed by atoms with van der Waals surface area (Å²) >= 11 is 0. The third-order valence-corrected chi connectivity index (χ3v) is 8.50. The monoisotopic (exact) mass is 408 g/mol. The number of hydrogen-bond donors (Lipinski definition) is 0. The highest BCUT2D eigenvalue weighted by atomic mass is 32.2. The van der Waals surface area contributed by atoms with Crippen LogP contribution in [0.1, 0.15) is 25.8 Å². The maximum Gasteiger partial charge on any atom is 0.225 e. The Morgan fingerprint density at radius 3 is 2.64 bits per heavy atom. The number of amides is 1. The number of nitrogens with zero attached hydrogens (tertiary/aromatic N) is 2. The minimum Gasteiger partial charge on any atom is -0.497 e. The van der Waals surface area contributed by atoms with Gasteiger partial charge in [-0.25, -0.2) is 8.42 Å². The second-order valence-electron chi connectivity index (χ2n) is 8.38. The molecule has 1 aromatic rings. The number of methoxy groups -OCH3 is 1. The SMILES string of the molecule is COc1ccc(CCN2C[C@@]34CN(C(=O)C(C)C)C[C@@H](C[C@@H]3S2(=O)=O)O4)cc1. The molecule has 8 heteroatoms. The van der Waals surface area contributed by atoms with Gasteiger partial charge in [0.25, 0.3) is 0 Å². The molecule has 0 aliphatic carbocycles. The average Bonchev–Trinajstić information content (AvgIpc) is 3.04. The molecule has 7 nitrogen and oxygen atoms in total. The first-order chi connectivity index (χ1) is 13.2. The Bertz CT molecular complexity index is 854. The molecular formula is C20H28N2O5S. The number of hydrogen-bond acceptors (Lipinski definition) is 5. The number of likely N-dealkylation sites (tertiary alicyclic amines) is 1. The average molecular weight is 409 g/mol. The van der Waals surface area contributed by atoms with Crippen LogP contribution in [0.3, 0.4) is 0 Å². The molecule has 0 saturated carbocycles. The molecule has 0 radical (unpaired) electrons. The van der Waals surface area contributed by atoms with E-state index in [1.165, 1.54) is 0 Å². The van der Waals surface area contributed by atoms with E-state index in [2.05, 4.69) is 0 Å². The maximum atomic E-state index is 13.2. The Morgan fingerprint density at radius 2 is 2.00 bits per heavy atom. The van der Waals surface area contributed by atoms with Gasteiger partial charge in [0.05, 0.1) is 19.8 Å². The van der Waals surface area contributed by atoms with Gasteiger partial charge in [0.2, 0.25) is 15.9 Å². The highest BCUT2D eigenvalue weighted by Gasteiger charge is 2.65. The summed E-state index contributed by atoms with van der Waals surface area (Å²) < 4.78 is 39.2. The lowest BCUT2D eigenvalue weighted by Gasteiger charge is -2.40. The van der Waals surface area contributed by atoms with E-state index in [1.807, 2.05) is 38.1 Å². The summed E-state index contributed by atoms with van der Waals surface area (Å²) in [7, 11) is -1.82. The van der Waals surface area contributed by atoms with Crippen LogP contribution in [0, 0.1) is 5.92 Å². The largest absolute Gasteiger partial charge is 0.497 e. The molecule has 3 saturated heterocycles. The summed E-state index contributed by atoms with van der Waals surface area (Å²) in [6.45, 7) is 5.36. The molecular weight excluding hydrogens is 380 g/mol. The van der Waals surface area contributed by atoms with Gasteiger partial charge in [-0.15, -0.1) is 0 Å². The lowest BCUT2D eigenvalue weighted by atomic mass is 9.98. The topological polar surface area (TPSA) is 76.2 Å². The van der Waals surface area contributed by atoms with Gasteiger partial charge in [-0.05, 0) is 30.5 Å². The van der Waals surface area contributed by atoms with Gasteiger partial charge in [0.15, 0.2) is 0 Å². The van der Waals surface area contributed by atoms with Crippen LogP contribution in [0.25, 0.3) is 0 Å². The number of benzene rings is 1. The summed E-state index contributed by atoms with van der Waals surface area (Å²) in [5, 5.41) is -0.550. The van der Waals surface area contributed by atoms with Gasteiger partial charge in [-0.3, -0.25) is 4.79 Å². The van der Waals surface area contributed by atoms with Crippen molar-refractivity contribution >= 4 is 15.9 Å². The third-order valence-electron chi connectivity index (χ3n) is 6.13. The van der Waals surface area contributed by atoms with E-state index >= 15 is 0 Å². The minimum atomic E-state index is -3.43. The summed E-state index contributed by atoms with van der Waals surface area (Å²) in [5.74, 6) is 0.751. The van der Waals surface area contributed by atoms with E-state index in [0.29, 0.717) is 39.0 Å². The molecule has 154 valence electrons. The van der Waals surface area contributed by atoms with E-state index < -0.39 is 20.9 Å². The van der Waals surface area contributed by atoms with Crippen LogP contribution in [0.4, 0.5) is 0 Å². The summed E-state index contributed by atoms with van der Waals surface area (Å²) in [6, 6.07) is 7.67. The molecule has 1 spiro atoms. The lowest BCUT2D eigenvalue weighted by molar-refractivity contribution is -0.153. The predicted molar refractivity (Wildman–Crippen MR) is 105 cm³/mol. The second-order valence-corrected chi connectivity index (χ2v) is 10.5. The molecule has 0 N–H and O–H groups in total. The van der Waals surface area contributed by atoms with Crippen molar-refractivity contribution in [2.45, 2.75) is 43.6 Å². The fourth-order valence-electron chi connectivity index (χ4n) is 4.73. The molecule has 3 aliphatic heterocycles. The third kappa shape index (κ3) is 3.21. The van der Waals surface area contributed by atoms with Crippen LogP contribution in [0.5, 0.6) is 5.75 Å². The van der Waals surface area contributed by atoms with E-state index in [4.69, 9.17) is 9.47 Å². The van der Waals surface area contributed by atoms with Crippen LogP contribution in [0.15, 0.2) is 24.3 Å². The molecule has 1 amide bonds. The fourth-order valence-corrected chi connectivity index (χ4v) is 7.04. The van der Waals surface area contributed by atoms with Gasteiger partial charge in [-0.1, -0.05) is 26.0 Å². The Balaban J connectivity index is 1.49. The van der Waals surface area contributed by atoms with Crippen LogP contribution >= 0.6 is 0 Å². The van der Waals surface area contributed by atoms with Crippen molar-refractivity contribution < 1.29 is 22.7 Å². The van der Waals surface area contributed by atoms with Crippen molar-refractivity contribution in [2.24, 2.45) is 5.92 Å². The molecule has 28 heavy (non-hydrogen) atoms. The Morgan fingerprint density at radius 1 is 1.29 bits per heavy atom. The number of morpholine rings is 1. The normalized spacial score (nSPS) is 31.2. The molecule has 0 aromatic heterocycles. The van der Waals surface area contributed by atoms with Gasteiger partial charge in [0, 0.05) is 25.6 Å². The second kappa shape index (κ2) is 7.00. The molecule has 0 unspecified atom stereocenters. The predicted octanol–water partition coefficient (Wildman–Crippen LogP) is 1.28. The van der Waals surface area contributed by atoms with Crippen molar-refractivity contribution in [3.63, 3.8) is 0 Å². The standard InChI is InChI=1S/C20H28N2O5S/c1-14(2)19(23)21-11-17-10-18-20(12-21,27-17)13-22(28(18,24)25)9-8-15-4-6-16(26-3)7-5-15/h4-7,14,17-18H,8-13H2,1-3H3/t17-,18+,20+/m1/s1.